The second kappa shape index (κ2) is 8.00. The van der Waals surface area contributed by atoms with E-state index in [1.54, 1.807) is 26.3 Å². The highest BCUT2D eigenvalue weighted by molar-refractivity contribution is 6.08. The highest BCUT2D eigenvalue weighted by atomic mass is 16.5. The smallest absolute Gasteiger partial charge is 0.321 e. The first-order valence-electron chi connectivity index (χ1n) is 9.52. The van der Waals surface area contributed by atoms with Crippen molar-refractivity contribution in [1.29, 1.82) is 0 Å². The Balaban J connectivity index is 1.97. The molecule has 3 heterocycles. The molecule has 0 unspecified atom stereocenters. The zero-order chi connectivity index (χ0) is 20.4. The number of amides is 1. The van der Waals surface area contributed by atoms with E-state index in [1.807, 2.05) is 41.0 Å². The number of imidazole rings is 1. The number of hydrogen-bond acceptors (Lipinski definition) is 6. The fourth-order valence-corrected chi connectivity index (χ4v) is 3.76. The Morgan fingerprint density at radius 1 is 1.17 bits per heavy atom. The van der Waals surface area contributed by atoms with Gasteiger partial charge in [0, 0.05) is 13.3 Å². The number of nitrogens with zero attached hydrogens (tertiary/aromatic N) is 4. The lowest BCUT2D eigenvalue weighted by Crippen LogP contribution is -2.51. The molecule has 0 aliphatic carbocycles. The highest BCUT2D eigenvalue weighted by Crippen LogP contribution is 2.40. The summed E-state index contributed by atoms with van der Waals surface area (Å²) in [5.74, 6) is -1.52. The Hall–Kier alpha value is -3.26. The SMILES string of the molecule is CCOC(=O)[C@H]1C(=O)N(CCOC)c2nc3ccccc3n2[C@@H]1c1ccccn1. The maximum Gasteiger partial charge on any atom is 0.321 e. The van der Waals surface area contributed by atoms with E-state index in [0.29, 0.717) is 18.2 Å². The van der Waals surface area contributed by atoms with Crippen LogP contribution in [0.5, 0.6) is 0 Å². The average molecular weight is 394 g/mol. The van der Waals surface area contributed by atoms with Crippen molar-refractivity contribution >= 4 is 28.9 Å². The minimum Gasteiger partial charge on any atom is -0.465 e. The first-order chi connectivity index (χ1) is 14.2. The number of anilines is 1. The second-order valence-electron chi connectivity index (χ2n) is 6.68. The minimum absolute atomic E-state index is 0.188. The Morgan fingerprint density at radius 2 is 1.97 bits per heavy atom. The lowest BCUT2D eigenvalue weighted by atomic mass is 9.92. The van der Waals surface area contributed by atoms with E-state index >= 15 is 0 Å². The van der Waals surface area contributed by atoms with Crippen molar-refractivity contribution in [3.05, 3.63) is 54.4 Å². The molecule has 2 atom stereocenters. The largest absolute Gasteiger partial charge is 0.465 e. The Morgan fingerprint density at radius 3 is 2.69 bits per heavy atom. The van der Waals surface area contributed by atoms with Crippen molar-refractivity contribution in [2.24, 2.45) is 5.92 Å². The summed E-state index contributed by atoms with van der Waals surface area (Å²) < 4.78 is 12.4. The number of fused-ring (bicyclic) bond motifs is 3. The van der Waals surface area contributed by atoms with E-state index in [1.165, 1.54) is 4.90 Å². The highest BCUT2D eigenvalue weighted by Gasteiger charge is 2.48. The summed E-state index contributed by atoms with van der Waals surface area (Å²) in [5, 5.41) is 0. The van der Waals surface area contributed by atoms with Gasteiger partial charge < -0.3 is 9.47 Å². The summed E-state index contributed by atoms with van der Waals surface area (Å²) in [4.78, 5) is 37.0. The van der Waals surface area contributed by atoms with Crippen molar-refractivity contribution in [1.82, 2.24) is 14.5 Å². The third-order valence-corrected chi connectivity index (χ3v) is 4.99. The number of rotatable bonds is 6. The average Bonchev–Trinajstić information content (AvgIpc) is 3.12. The standard InChI is InChI=1S/C21H22N4O4/c1-3-29-20(27)17-18(15-9-6-7-11-22-15)25-16-10-5-4-8-14(16)23-21(25)24(19(17)26)12-13-28-2/h4-11,17-18H,3,12-13H2,1-2H3/t17-,18-/m1/s1. The van der Waals surface area contributed by atoms with Crippen LogP contribution in [0.3, 0.4) is 0 Å². The van der Waals surface area contributed by atoms with Crippen molar-refractivity contribution < 1.29 is 19.1 Å². The number of para-hydroxylation sites is 2. The van der Waals surface area contributed by atoms with Gasteiger partial charge in [-0.25, -0.2) is 4.98 Å². The molecule has 0 bridgehead atoms. The fourth-order valence-electron chi connectivity index (χ4n) is 3.76. The number of carbonyl (C=O) groups excluding carboxylic acids is 2. The lowest BCUT2D eigenvalue weighted by molar-refractivity contribution is -0.153. The molecule has 0 fully saturated rings. The molecule has 4 rings (SSSR count). The number of hydrogen-bond donors (Lipinski definition) is 0. The number of methoxy groups -OCH3 is 1. The minimum atomic E-state index is -1.06. The molecule has 3 aromatic rings. The van der Waals surface area contributed by atoms with E-state index in [2.05, 4.69) is 9.97 Å². The number of benzene rings is 1. The molecule has 0 spiro atoms. The van der Waals surface area contributed by atoms with E-state index in [4.69, 9.17) is 9.47 Å². The van der Waals surface area contributed by atoms with Gasteiger partial charge in [0.15, 0.2) is 5.92 Å². The van der Waals surface area contributed by atoms with Gasteiger partial charge in [-0.2, -0.15) is 0 Å². The lowest BCUT2D eigenvalue weighted by Gasteiger charge is -2.37. The summed E-state index contributed by atoms with van der Waals surface area (Å²) in [6, 6.07) is 12.4. The number of carbonyl (C=O) groups is 2. The van der Waals surface area contributed by atoms with Crippen molar-refractivity contribution in [2.45, 2.75) is 13.0 Å². The second-order valence-corrected chi connectivity index (χ2v) is 6.68. The Labute approximate surface area is 168 Å². The van der Waals surface area contributed by atoms with Crippen LogP contribution in [0.25, 0.3) is 11.0 Å². The summed E-state index contributed by atoms with van der Waals surface area (Å²) in [6.45, 7) is 2.51. The van der Waals surface area contributed by atoms with Crippen molar-refractivity contribution in [3.63, 3.8) is 0 Å². The number of esters is 1. The van der Waals surface area contributed by atoms with Crippen LogP contribution in [0.1, 0.15) is 18.7 Å². The topological polar surface area (TPSA) is 86.5 Å². The summed E-state index contributed by atoms with van der Waals surface area (Å²) in [6.07, 6.45) is 1.65. The van der Waals surface area contributed by atoms with Gasteiger partial charge in [-0.3, -0.25) is 24.0 Å². The zero-order valence-electron chi connectivity index (χ0n) is 16.3. The van der Waals surface area contributed by atoms with Crippen LogP contribution in [0.15, 0.2) is 48.7 Å². The normalized spacial score (nSPS) is 18.7. The van der Waals surface area contributed by atoms with Crippen LogP contribution in [-0.2, 0) is 19.1 Å². The van der Waals surface area contributed by atoms with Crippen LogP contribution in [0, 0.1) is 5.92 Å². The maximum absolute atomic E-state index is 13.5. The third-order valence-electron chi connectivity index (χ3n) is 4.99. The molecule has 0 N–H and O–H groups in total. The summed E-state index contributed by atoms with van der Waals surface area (Å²) in [5.41, 5.74) is 2.17. The van der Waals surface area contributed by atoms with Gasteiger partial charge in [-0.15, -0.1) is 0 Å². The van der Waals surface area contributed by atoms with Gasteiger partial charge in [0.25, 0.3) is 0 Å². The Bertz CT molecular complexity index is 1030. The van der Waals surface area contributed by atoms with Gasteiger partial charge in [0.2, 0.25) is 11.9 Å². The predicted octanol–water partition coefficient (Wildman–Crippen LogP) is 2.19. The van der Waals surface area contributed by atoms with Gasteiger partial charge >= 0.3 is 5.97 Å². The molecule has 2 aromatic heterocycles. The van der Waals surface area contributed by atoms with Gasteiger partial charge in [0.1, 0.15) is 6.04 Å². The number of ether oxygens (including phenoxy) is 2. The Kier molecular flexibility index (Phi) is 5.26. The molecule has 0 saturated heterocycles. The molecule has 0 radical (unpaired) electrons. The first-order valence-corrected chi connectivity index (χ1v) is 9.52. The molecule has 8 heteroatoms. The fraction of sp³-hybridized carbons (Fsp3) is 0.333. The van der Waals surface area contributed by atoms with Crippen LogP contribution in [0.2, 0.25) is 0 Å². The molecule has 0 saturated carbocycles. The number of pyridine rings is 1. The van der Waals surface area contributed by atoms with Crippen molar-refractivity contribution in [2.75, 3.05) is 31.8 Å². The molecule has 1 aliphatic rings. The maximum atomic E-state index is 13.5. The van der Waals surface area contributed by atoms with Crippen LogP contribution in [0.4, 0.5) is 5.95 Å². The summed E-state index contributed by atoms with van der Waals surface area (Å²) >= 11 is 0. The molecule has 1 aromatic carbocycles. The molecule has 8 nitrogen and oxygen atoms in total. The molecular formula is C21H22N4O4. The monoisotopic (exact) mass is 394 g/mol. The van der Waals surface area contributed by atoms with Gasteiger partial charge in [-0.1, -0.05) is 18.2 Å². The quantitative estimate of drug-likeness (QED) is 0.471. The van der Waals surface area contributed by atoms with E-state index in [-0.39, 0.29) is 19.1 Å². The van der Waals surface area contributed by atoms with Crippen molar-refractivity contribution in [3.8, 4) is 0 Å². The molecule has 1 amide bonds. The van der Waals surface area contributed by atoms with E-state index < -0.39 is 17.9 Å². The van der Waals surface area contributed by atoms with E-state index in [0.717, 1.165) is 11.0 Å². The molecule has 29 heavy (non-hydrogen) atoms. The van der Waals surface area contributed by atoms with E-state index in [9.17, 15) is 9.59 Å². The first kappa shape index (κ1) is 19.1. The number of aromatic nitrogens is 3. The van der Waals surface area contributed by atoms with Gasteiger partial charge in [0.05, 0.1) is 36.5 Å². The zero-order valence-corrected chi connectivity index (χ0v) is 16.3. The summed E-state index contributed by atoms with van der Waals surface area (Å²) in [7, 11) is 1.57. The van der Waals surface area contributed by atoms with Crippen LogP contribution in [-0.4, -0.2) is 53.3 Å². The molecular weight excluding hydrogens is 372 g/mol. The van der Waals surface area contributed by atoms with Crippen LogP contribution >= 0.6 is 0 Å². The molecule has 1 aliphatic heterocycles. The molecule has 150 valence electrons. The van der Waals surface area contributed by atoms with Crippen LogP contribution < -0.4 is 4.90 Å². The third kappa shape index (κ3) is 3.25. The predicted molar refractivity (Wildman–Crippen MR) is 106 cm³/mol. The van der Waals surface area contributed by atoms with Gasteiger partial charge in [-0.05, 0) is 31.2 Å².